The molecule has 1 aliphatic carbocycles. The van der Waals surface area contributed by atoms with Crippen molar-refractivity contribution in [1.82, 2.24) is 10.6 Å². The fourth-order valence-corrected chi connectivity index (χ4v) is 3.52. The second-order valence-electron chi connectivity index (χ2n) is 6.31. The fourth-order valence-electron chi connectivity index (χ4n) is 2.99. The number of hydrogen-bond acceptors (Lipinski definition) is 2. The van der Waals surface area contributed by atoms with Crippen LogP contribution < -0.4 is 15.5 Å². The first kappa shape index (κ1) is 18.8. The van der Waals surface area contributed by atoms with Crippen molar-refractivity contribution in [2.75, 3.05) is 24.5 Å². The van der Waals surface area contributed by atoms with Gasteiger partial charge in [-0.1, -0.05) is 19.1 Å². The minimum atomic E-state index is 0. The Morgan fingerprint density at radius 3 is 2.74 bits per heavy atom. The summed E-state index contributed by atoms with van der Waals surface area (Å²) in [5.74, 6) is 1.76. The van der Waals surface area contributed by atoms with E-state index in [1.807, 2.05) is 0 Å². The molecule has 1 saturated carbocycles. The molecule has 2 aliphatic rings. The molecule has 3 atom stereocenters. The maximum absolute atomic E-state index is 4.58. The number of hydrogen-bond donors (Lipinski definition) is 2. The molecule has 3 rings (SSSR count). The Morgan fingerprint density at radius 1 is 1.35 bits per heavy atom. The van der Waals surface area contributed by atoms with Gasteiger partial charge in [0.25, 0.3) is 0 Å². The molecule has 3 unspecified atom stereocenters. The van der Waals surface area contributed by atoms with Gasteiger partial charge in [0.15, 0.2) is 5.96 Å². The van der Waals surface area contributed by atoms with Crippen molar-refractivity contribution in [3.05, 3.63) is 28.7 Å². The number of para-hydroxylation sites is 1. The highest BCUT2D eigenvalue weighted by Crippen LogP contribution is 2.30. The van der Waals surface area contributed by atoms with Crippen molar-refractivity contribution < 1.29 is 0 Å². The van der Waals surface area contributed by atoms with Crippen LogP contribution in [-0.4, -0.2) is 37.7 Å². The standard InChI is InChI=1S/C17H25BrN4.HI/c1-3-19-17(21-15-10-12(15)2)20-13-8-9-22(11-13)16-7-5-4-6-14(16)18;/h4-7,12-13,15H,3,8-11H2,1-2H3,(H2,19,20,21);1H. The van der Waals surface area contributed by atoms with Gasteiger partial charge >= 0.3 is 0 Å². The van der Waals surface area contributed by atoms with E-state index in [4.69, 9.17) is 0 Å². The lowest BCUT2D eigenvalue weighted by Crippen LogP contribution is -2.45. The molecule has 1 aromatic rings. The van der Waals surface area contributed by atoms with E-state index < -0.39 is 0 Å². The summed E-state index contributed by atoms with van der Waals surface area (Å²) in [7, 11) is 0. The van der Waals surface area contributed by atoms with Crippen LogP contribution in [0.25, 0.3) is 0 Å². The van der Waals surface area contributed by atoms with E-state index in [0.717, 1.165) is 37.9 Å². The Bertz CT molecular complexity index is 551. The molecule has 2 fully saturated rings. The lowest BCUT2D eigenvalue weighted by molar-refractivity contribution is 0.641. The van der Waals surface area contributed by atoms with Crippen LogP contribution in [0.2, 0.25) is 0 Å². The first-order valence-electron chi connectivity index (χ1n) is 8.24. The molecule has 1 saturated heterocycles. The van der Waals surface area contributed by atoms with Crippen LogP contribution in [-0.2, 0) is 0 Å². The average molecular weight is 493 g/mol. The van der Waals surface area contributed by atoms with E-state index in [0.29, 0.717) is 12.1 Å². The van der Waals surface area contributed by atoms with E-state index in [1.54, 1.807) is 0 Å². The Labute approximate surface area is 164 Å². The maximum atomic E-state index is 4.58. The van der Waals surface area contributed by atoms with Crippen LogP contribution in [0, 0.1) is 5.92 Å². The van der Waals surface area contributed by atoms with E-state index in [9.17, 15) is 0 Å². The third kappa shape index (κ3) is 4.98. The minimum absolute atomic E-state index is 0. The van der Waals surface area contributed by atoms with Gasteiger partial charge in [-0.25, -0.2) is 0 Å². The summed E-state index contributed by atoms with van der Waals surface area (Å²) in [4.78, 5) is 7.02. The van der Waals surface area contributed by atoms with Crippen molar-refractivity contribution in [1.29, 1.82) is 0 Å². The fraction of sp³-hybridized carbons (Fsp3) is 0.588. The second-order valence-corrected chi connectivity index (χ2v) is 7.17. The second kappa shape index (κ2) is 8.55. The van der Waals surface area contributed by atoms with Crippen molar-refractivity contribution in [3.63, 3.8) is 0 Å². The number of benzene rings is 1. The quantitative estimate of drug-likeness (QED) is 0.383. The van der Waals surface area contributed by atoms with Gasteiger partial charge in [0.1, 0.15) is 0 Å². The molecule has 0 aromatic heterocycles. The molecule has 23 heavy (non-hydrogen) atoms. The summed E-state index contributed by atoms with van der Waals surface area (Å²) >= 11 is 3.65. The molecular formula is C17H26BrIN4. The molecule has 1 heterocycles. The van der Waals surface area contributed by atoms with Gasteiger partial charge in [-0.2, -0.15) is 0 Å². The lowest BCUT2D eigenvalue weighted by atomic mass is 10.2. The zero-order chi connectivity index (χ0) is 15.5. The SMILES string of the molecule is CCN=C(NC1CCN(c2ccccc2Br)C1)NC1CC1C.I. The number of nitrogens with zero attached hydrogens (tertiary/aromatic N) is 2. The Morgan fingerprint density at radius 2 is 2.09 bits per heavy atom. The van der Waals surface area contributed by atoms with Crippen molar-refractivity contribution in [3.8, 4) is 0 Å². The molecule has 128 valence electrons. The first-order chi connectivity index (χ1) is 10.7. The van der Waals surface area contributed by atoms with Gasteiger partial charge in [0.05, 0.1) is 5.69 Å². The van der Waals surface area contributed by atoms with Crippen molar-refractivity contribution in [2.45, 2.75) is 38.8 Å². The van der Waals surface area contributed by atoms with Crippen LogP contribution in [0.1, 0.15) is 26.7 Å². The summed E-state index contributed by atoms with van der Waals surface area (Å²) in [5.41, 5.74) is 1.28. The van der Waals surface area contributed by atoms with Crippen molar-refractivity contribution >= 4 is 51.6 Å². The molecule has 0 amide bonds. The number of halogens is 2. The molecule has 1 aliphatic heterocycles. The van der Waals surface area contributed by atoms with Gasteiger partial charge < -0.3 is 15.5 Å². The highest BCUT2D eigenvalue weighted by Gasteiger charge is 2.34. The van der Waals surface area contributed by atoms with Crippen LogP contribution >= 0.6 is 39.9 Å². The first-order valence-corrected chi connectivity index (χ1v) is 9.03. The topological polar surface area (TPSA) is 39.7 Å². The summed E-state index contributed by atoms with van der Waals surface area (Å²) in [6.07, 6.45) is 2.41. The molecule has 0 bridgehead atoms. The van der Waals surface area contributed by atoms with Crippen molar-refractivity contribution in [2.24, 2.45) is 10.9 Å². The molecular weight excluding hydrogens is 467 g/mol. The number of anilines is 1. The van der Waals surface area contributed by atoms with Gasteiger partial charge in [-0.3, -0.25) is 4.99 Å². The smallest absolute Gasteiger partial charge is 0.191 e. The summed E-state index contributed by atoms with van der Waals surface area (Å²) < 4.78 is 1.17. The molecule has 1 aromatic carbocycles. The molecule has 0 radical (unpaired) electrons. The van der Waals surface area contributed by atoms with Gasteiger partial charge in [-0.05, 0) is 53.7 Å². The number of guanidine groups is 1. The molecule has 4 nitrogen and oxygen atoms in total. The highest BCUT2D eigenvalue weighted by molar-refractivity contribution is 14.0. The number of aliphatic imine (C=N–C) groups is 1. The molecule has 2 N–H and O–H groups in total. The zero-order valence-electron chi connectivity index (χ0n) is 13.8. The minimum Gasteiger partial charge on any atom is -0.368 e. The largest absolute Gasteiger partial charge is 0.368 e. The zero-order valence-corrected chi connectivity index (χ0v) is 17.7. The van der Waals surface area contributed by atoms with Crippen LogP contribution in [0.15, 0.2) is 33.7 Å². The molecule has 6 heteroatoms. The van der Waals surface area contributed by atoms with E-state index >= 15 is 0 Å². The van der Waals surface area contributed by atoms with Gasteiger partial charge in [0.2, 0.25) is 0 Å². The monoisotopic (exact) mass is 492 g/mol. The van der Waals surface area contributed by atoms with Crippen LogP contribution in [0.3, 0.4) is 0 Å². The lowest BCUT2D eigenvalue weighted by Gasteiger charge is -2.21. The van der Waals surface area contributed by atoms with Crippen LogP contribution in [0.4, 0.5) is 5.69 Å². The summed E-state index contributed by atoms with van der Waals surface area (Å²) in [6, 6.07) is 9.51. The van der Waals surface area contributed by atoms with Gasteiger partial charge in [0, 0.05) is 36.2 Å². The Balaban J connectivity index is 0.00000192. The normalized spacial score (nSPS) is 26.7. The summed E-state index contributed by atoms with van der Waals surface area (Å²) in [6.45, 7) is 7.29. The number of nitrogens with one attached hydrogen (secondary N) is 2. The average Bonchev–Trinajstić information content (AvgIpc) is 2.99. The third-order valence-corrected chi connectivity index (χ3v) is 5.14. The predicted octanol–water partition coefficient (Wildman–Crippen LogP) is 3.61. The predicted molar refractivity (Wildman–Crippen MR) is 112 cm³/mol. The Kier molecular flexibility index (Phi) is 7.00. The third-order valence-electron chi connectivity index (χ3n) is 4.47. The van der Waals surface area contributed by atoms with Crippen LogP contribution in [0.5, 0.6) is 0 Å². The Hall–Kier alpha value is -0.500. The highest BCUT2D eigenvalue weighted by atomic mass is 127. The van der Waals surface area contributed by atoms with Gasteiger partial charge in [-0.15, -0.1) is 24.0 Å². The number of rotatable bonds is 4. The van der Waals surface area contributed by atoms with E-state index in [2.05, 4.69) is 74.6 Å². The maximum Gasteiger partial charge on any atom is 0.191 e. The molecule has 0 spiro atoms. The van der Waals surface area contributed by atoms with E-state index in [-0.39, 0.29) is 24.0 Å². The summed E-state index contributed by atoms with van der Waals surface area (Å²) in [5, 5.41) is 7.16. The van der Waals surface area contributed by atoms with E-state index in [1.165, 1.54) is 16.6 Å².